The van der Waals surface area contributed by atoms with Crippen molar-refractivity contribution in [1.82, 2.24) is 4.98 Å². The Balaban J connectivity index is 2.32. The summed E-state index contributed by atoms with van der Waals surface area (Å²) < 4.78 is 0. The number of hydrogen-bond donors (Lipinski definition) is 2. The van der Waals surface area contributed by atoms with Crippen molar-refractivity contribution in [2.24, 2.45) is 0 Å². The van der Waals surface area contributed by atoms with Crippen molar-refractivity contribution in [3.63, 3.8) is 0 Å². The molecule has 15 heavy (non-hydrogen) atoms. The number of alkyl halides is 1. The largest absolute Gasteiger partial charge is 0.480 e. The molecule has 0 aliphatic carbocycles. The van der Waals surface area contributed by atoms with Gasteiger partial charge in [-0.2, -0.15) is 0 Å². The zero-order valence-electron chi connectivity index (χ0n) is 7.90. The molecule has 4 heteroatoms. The molecule has 0 saturated heterocycles. The molecule has 0 aliphatic rings. The summed E-state index contributed by atoms with van der Waals surface area (Å²) in [5, 5.41) is 9.88. The van der Waals surface area contributed by atoms with Gasteiger partial charge in [0.2, 0.25) is 0 Å². The van der Waals surface area contributed by atoms with Crippen molar-refractivity contribution >= 4 is 32.8 Å². The molecule has 3 nitrogen and oxygen atoms in total. The number of para-hydroxylation sites is 1. The van der Waals surface area contributed by atoms with Gasteiger partial charge in [-0.15, -0.1) is 0 Å². The summed E-state index contributed by atoms with van der Waals surface area (Å²) >= 11 is 3.14. The van der Waals surface area contributed by atoms with Gasteiger partial charge in [-0.1, -0.05) is 34.1 Å². The third kappa shape index (κ3) is 2.04. The molecule has 2 aromatic rings. The number of nitrogens with one attached hydrogen (secondary N) is 1. The van der Waals surface area contributed by atoms with Crippen molar-refractivity contribution in [2.45, 2.75) is 11.2 Å². The summed E-state index contributed by atoms with van der Waals surface area (Å²) in [6.45, 7) is 0. The van der Waals surface area contributed by atoms with E-state index in [0.717, 1.165) is 16.5 Å². The minimum atomic E-state index is -0.833. The number of benzene rings is 1. The standard InChI is InChI=1S/C11H10BrNO2/c12-9(11(14)15)5-7-6-13-10-4-2-1-3-8(7)10/h1-4,6,9,13H,5H2,(H,14,15). The van der Waals surface area contributed by atoms with Crippen molar-refractivity contribution in [1.29, 1.82) is 0 Å². The van der Waals surface area contributed by atoms with E-state index in [1.165, 1.54) is 0 Å². The highest BCUT2D eigenvalue weighted by atomic mass is 79.9. The highest BCUT2D eigenvalue weighted by Gasteiger charge is 2.15. The molecule has 2 rings (SSSR count). The Morgan fingerprint density at radius 1 is 1.47 bits per heavy atom. The molecule has 1 aromatic heterocycles. The number of halogens is 1. The van der Waals surface area contributed by atoms with Crippen LogP contribution in [0.25, 0.3) is 10.9 Å². The maximum Gasteiger partial charge on any atom is 0.317 e. The monoisotopic (exact) mass is 267 g/mol. The molecule has 0 amide bonds. The number of aromatic nitrogens is 1. The van der Waals surface area contributed by atoms with Crippen LogP contribution in [-0.4, -0.2) is 20.9 Å². The molecule has 0 aliphatic heterocycles. The van der Waals surface area contributed by atoms with E-state index < -0.39 is 10.8 Å². The first-order chi connectivity index (χ1) is 7.18. The first-order valence-electron chi connectivity index (χ1n) is 4.60. The van der Waals surface area contributed by atoms with Gasteiger partial charge in [0.25, 0.3) is 0 Å². The molecule has 2 N–H and O–H groups in total. The number of fused-ring (bicyclic) bond motifs is 1. The van der Waals surface area contributed by atoms with E-state index >= 15 is 0 Å². The molecule has 0 bridgehead atoms. The van der Waals surface area contributed by atoms with Crippen LogP contribution in [0.4, 0.5) is 0 Å². The lowest BCUT2D eigenvalue weighted by Gasteiger charge is -2.02. The van der Waals surface area contributed by atoms with E-state index in [0.29, 0.717) is 6.42 Å². The fourth-order valence-electron chi connectivity index (χ4n) is 1.58. The Bertz CT molecular complexity index is 492. The minimum Gasteiger partial charge on any atom is -0.480 e. The van der Waals surface area contributed by atoms with Crippen LogP contribution in [0.1, 0.15) is 5.56 Å². The van der Waals surface area contributed by atoms with Gasteiger partial charge in [0.15, 0.2) is 0 Å². The Kier molecular flexibility index (Phi) is 2.77. The van der Waals surface area contributed by atoms with E-state index in [-0.39, 0.29) is 0 Å². The summed E-state index contributed by atoms with van der Waals surface area (Å²) in [6, 6.07) is 7.86. The van der Waals surface area contributed by atoms with Gasteiger partial charge < -0.3 is 10.1 Å². The topological polar surface area (TPSA) is 53.1 Å². The lowest BCUT2D eigenvalue weighted by molar-refractivity contribution is -0.136. The smallest absolute Gasteiger partial charge is 0.317 e. The Morgan fingerprint density at radius 2 is 2.20 bits per heavy atom. The Labute approximate surface area is 95.2 Å². The lowest BCUT2D eigenvalue weighted by Crippen LogP contribution is -2.15. The summed E-state index contributed by atoms with van der Waals surface area (Å²) in [5.41, 5.74) is 2.06. The number of carboxylic acid groups (broad SMARTS) is 1. The maximum atomic E-state index is 10.7. The summed E-state index contributed by atoms with van der Waals surface area (Å²) in [6.07, 6.45) is 2.35. The number of H-pyrrole nitrogens is 1. The fraction of sp³-hybridized carbons (Fsp3) is 0.182. The second-order valence-electron chi connectivity index (χ2n) is 3.37. The molecular formula is C11H10BrNO2. The summed E-state index contributed by atoms with van der Waals surface area (Å²) in [5.74, 6) is -0.833. The van der Waals surface area contributed by atoms with E-state index in [2.05, 4.69) is 20.9 Å². The highest BCUT2D eigenvalue weighted by molar-refractivity contribution is 9.10. The number of hydrogen-bond acceptors (Lipinski definition) is 1. The average Bonchev–Trinajstić information content (AvgIpc) is 2.62. The van der Waals surface area contributed by atoms with E-state index in [4.69, 9.17) is 5.11 Å². The molecule has 0 radical (unpaired) electrons. The number of carbonyl (C=O) groups is 1. The zero-order chi connectivity index (χ0) is 10.8. The third-order valence-corrected chi connectivity index (χ3v) is 3.06. The lowest BCUT2D eigenvalue weighted by atomic mass is 10.1. The van der Waals surface area contributed by atoms with Gasteiger partial charge >= 0.3 is 5.97 Å². The molecule has 1 atom stereocenters. The predicted molar refractivity (Wildman–Crippen MR) is 62.4 cm³/mol. The maximum absolute atomic E-state index is 10.7. The van der Waals surface area contributed by atoms with E-state index in [1.54, 1.807) is 0 Å². The van der Waals surface area contributed by atoms with Crippen LogP contribution in [0.15, 0.2) is 30.5 Å². The minimum absolute atomic E-state index is 0.485. The molecule has 0 spiro atoms. The molecule has 1 aromatic carbocycles. The van der Waals surface area contributed by atoms with E-state index in [1.807, 2.05) is 30.5 Å². The molecule has 0 saturated carbocycles. The van der Waals surface area contributed by atoms with Crippen molar-refractivity contribution in [2.75, 3.05) is 0 Å². The first-order valence-corrected chi connectivity index (χ1v) is 5.52. The highest BCUT2D eigenvalue weighted by Crippen LogP contribution is 2.20. The molecule has 78 valence electrons. The number of aliphatic carboxylic acids is 1. The van der Waals surface area contributed by atoms with Crippen LogP contribution in [0.3, 0.4) is 0 Å². The second kappa shape index (κ2) is 4.06. The summed E-state index contributed by atoms with van der Waals surface area (Å²) in [7, 11) is 0. The average molecular weight is 268 g/mol. The zero-order valence-corrected chi connectivity index (χ0v) is 9.49. The normalized spacial score (nSPS) is 12.9. The van der Waals surface area contributed by atoms with Crippen molar-refractivity contribution in [3.05, 3.63) is 36.0 Å². The van der Waals surface area contributed by atoms with Gasteiger partial charge in [-0.05, 0) is 18.1 Å². The molecule has 0 fully saturated rings. The number of aromatic amines is 1. The molecule has 1 unspecified atom stereocenters. The molecular weight excluding hydrogens is 258 g/mol. The SMILES string of the molecule is O=C(O)C(Br)Cc1c[nH]c2ccccc12. The van der Waals surface area contributed by atoms with Crippen LogP contribution >= 0.6 is 15.9 Å². The van der Waals surface area contributed by atoms with Crippen LogP contribution in [0.5, 0.6) is 0 Å². The third-order valence-electron chi connectivity index (χ3n) is 2.34. The second-order valence-corrected chi connectivity index (χ2v) is 4.47. The van der Waals surface area contributed by atoms with E-state index in [9.17, 15) is 4.79 Å². The van der Waals surface area contributed by atoms with Gasteiger partial charge in [-0.3, -0.25) is 4.79 Å². The van der Waals surface area contributed by atoms with Crippen LogP contribution in [0.2, 0.25) is 0 Å². The number of rotatable bonds is 3. The summed E-state index contributed by atoms with van der Waals surface area (Å²) in [4.78, 5) is 13.3. The van der Waals surface area contributed by atoms with Gasteiger partial charge in [0.05, 0.1) is 0 Å². The first kappa shape index (κ1) is 10.2. The fourth-order valence-corrected chi connectivity index (χ4v) is 1.93. The molecule has 1 heterocycles. The van der Waals surface area contributed by atoms with Crippen molar-refractivity contribution in [3.8, 4) is 0 Å². The van der Waals surface area contributed by atoms with Crippen molar-refractivity contribution < 1.29 is 9.90 Å². The number of carboxylic acids is 1. The quantitative estimate of drug-likeness (QED) is 0.840. The van der Waals surface area contributed by atoms with Crippen LogP contribution in [0, 0.1) is 0 Å². The Hall–Kier alpha value is -1.29. The predicted octanol–water partition coefficient (Wildman–Crippen LogP) is 2.56. The van der Waals surface area contributed by atoms with Gasteiger partial charge in [0.1, 0.15) is 4.83 Å². The van der Waals surface area contributed by atoms with Crippen LogP contribution in [-0.2, 0) is 11.2 Å². The van der Waals surface area contributed by atoms with Crippen LogP contribution < -0.4 is 0 Å². The van der Waals surface area contributed by atoms with Gasteiger partial charge in [-0.25, -0.2) is 0 Å². The van der Waals surface area contributed by atoms with Gasteiger partial charge in [0, 0.05) is 17.1 Å². The Morgan fingerprint density at radius 3 is 2.93 bits per heavy atom.